The highest BCUT2D eigenvalue weighted by atomic mass is 32.2. The molecule has 7 nitrogen and oxygen atoms in total. The summed E-state index contributed by atoms with van der Waals surface area (Å²) < 4.78 is 30.6. The lowest BCUT2D eigenvalue weighted by Crippen LogP contribution is -2.45. The monoisotopic (exact) mass is 315 g/mol. The summed E-state index contributed by atoms with van der Waals surface area (Å²) in [5.74, 6) is 0.571. The third-order valence-corrected chi connectivity index (χ3v) is 5.74. The van der Waals surface area contributed by atoms with Gasteiger partial charge in [0.05, 0.1) is 6.20 Å². The second kappa shape index (κ2) is 6.87. The Balaban J connectivity index is 1.89. The molecular formula is C13H25N5O2S. The Morgan fingerprint density at radius 3 is 2.57 bits per heavy atom. The van der Waals surface area contributed by atoms with Gasteiger partial charge in [0.15, 0.2) is 0 Å². The quantitative estimate of drug-likeness (QED) is 0.774. The number of rotatable bonds is 6. The van der Waals surface area contributed by atoms with Crippen molar-refractivity contribution in [2.45, 2.75) is 26.3 Å². The Morgan fingerprint density at radius 1 is 1.38 bits per heavy atom. The molecule has 1 aliphatic heterocycles. The first-order chi connectivity index (χ1) is 9.94. The van der Waals surface area contributed by atoms with Gasteiger partial charge in [-0.1, -0.05) is 0 Å². The SMILES string of the molecule is CNCC1CCN(S(=O)(=O)NCc2cnn(C)c2C)CC1. The van der Waals surface area contributed by atoms with E-state index in [4.69, 9.17) is 0 Å². The Kier molecular flexibility index (Phi) is 5.37. The molecule has 2 rings (SSSR count). The number of nitrogens with zero attached hydrogens (tertiary/aromatic N) is 3. The number of nitrogens with one attached hydrogen (secondary N) is 2. The van der Waals surface area contributed by atoms with Crippen molar-refractivity contribution in [3.8, 4) is 0 Å². The van der Waals surface area contributed by atoms with Crippen LogP contribution in [-0.2, 0) is 23.8 Å². The Hall–Kier alpha value is -0.960. The van der Waals surface area contributed by atoms with Crippen molar-refractivity contribution in [1.82, 2.24) is 24.1 Å². The fraction of sp³-hybridized carbons (Fsp3) is 0.769. The van der Waals surface area contributed by atoms with Crippen LogP contribution in [0.4, 0.5) is 0 Å². The Bertz CT molecular complexity index is 561. The van der Waals surface area contributed by atoms with Crippen LogP contribution in [0.2, 0.25) is 0 Å². The Morgan fingerprint density at radius 2 is 2.05 bits per heavy atom. The minimum atomic E-state index is -3.40. The van der Waals surface area contributed by atoms with E-state index < -0.39 is 10.2 Å². The second-order valence-corrected chi connectivity index (χ2v) is 7.36. The van der Waals surface area contributed by atoms with E-state index in [0.717, 1.165) is 30.6 Å². The summed E-state index contributed by atoms with van der Waals surface area (Å²) in [6.07, 6.45) is 3.53. The molecule has 8 heteroatoms. The third-order valence-electron chi connectivity index (χ3n) is 4.19. The van der Waals surface area contributed by atoms with Crippen LogP contribution in [0.15, 0.2) is 6.20 Å². The zero-order chi connectivity index (χ0) is 15.5. The number of aryl methyl sites for hydroxylation is 1. The molecule has 0 radical (unpaired) electrons. The van der Waals surface area contributed by atoms with Crippen LogP contribution in [0.3, 0.4) is 0 Å². The minimum absolute atomic E-state index is 0.290. The molecule has 2 heterocycles. The lowest BCUT2D eigenvalue weighted by Gasteiger charge is -2.31. The van der Waals surface area contributed by atoms with Gasteiger partial charge in [-0.05, 0) is 39.3 Å². The van der Waals surface area contributed by atoms with Gasteiger partial charge in [-0.25, -0.2) is 0 Å². The minimum Gasteiger partial charge on any atom is -0.319 e. The first-order valence-electron chi connectivity index (χ1n) is 7.31. The van der Waals surface area contributed by atoms with Crippen molar-refractivity contribution in [2.24, 2.45) is 13.0 Å². The van der Waals surface area contributed by atoms with Gasteiger partial charge >= 0.3 is 0 Å². The smallest absolute Gasteiger partial charge is 0.279 e. The van der Waals surface area contributed by atoms with Crippen molar-refractivity contribution in [1.29, 1.82) is 0 Å². The summed E-state index contributed by atoms with van der Waals surface area (Å²) in [7, 11) is 0.377. The van der Waals surface area contributed by atoms with Crippen LogP contribution in [0, 0.1) is 12.8 Å². The molecule has 0 spiro atoms. The zero-order valence-corrected chi connectivity index (χ0v) is 13.8. The van der Waals surface area contributed by atoms with E-state index >= 15 is 0 Å². The van der Waals surface area contributed by atoms with E-state index in [1.165, 1.54) is 0 Å². The molecule has 120 valence electrons. The summed E-state index contributed by atoms with van der Waals surface area (Å²) in [6, 6.07) is 0. The summed E-state index contributed by atoms with van der Waals surface area (Å²) in [4.78, 5) is 0. The van der Waals surface area contributed by atoms with Gasteiger partial charge in [-0.15, -0.1) is 0 Å². The molecule has 1 fully saturated rings. The fourth-order valence-corrected chi connectivity index (χ4v) is 3.83. The molecule has 0 bridgehead atoms. The molecule has 0 amide bonds. The van der Waals surface area contributed by atoms with Crippen LogP contribution in [0.1, 0.15) is 24.1 Å². The van der Waals surface area contributed by atoms with Crippen LogP contribution in [0.25, 0.3) is 0 Å². The molecular weight excluding hydrogens is 290 g/mol. The molecule has 1 aromatic rings. The van der Waals surface area contributed by atoms with Crippen LogP contribution in [0.5, 0.6) is 0 Å². The molecule has 0 unspecified atom stereocenters. The van der Waals surface area contributed by atoms with Crippen molar-refractivity contribution in [3.05, 3.63) is 17.5 Å². The van der Waals surface area contributed by atoms with Crippen LogP contribution >= 0.6 is 0 Å². The number of aromatic nitrogens is 2. The molecule has 0 saturated carbocycles. The maximum Gasteiger partial charge on any atom is 0.279 e. The van der Waals surface area contributed by atoms with E-state index in [9.17, 15) is 8.42 Å². The first-order valence-corrected chi connectivity index (χ1v) is 8.75. The summed E-state index contributed by atoms with van der Waals surface area (Å²) in [6.45, 7) is 4.36. The van der Waals surface area contributed by atoms with Crippen LogP contribution < -0.4 is 10.0 Å². The van der Waals surface area contributed by atoms with Gasteiger partial charge in [0.1, 0.15) is 0 Å². The topological polar surface area (TPSA) is 79.3 Å². The number of piperidine rings is 1. The lowest BCUT2D eigenvalue weighted by atomic mass is 9.98. The van der Waals surface area contributed by atoms with E-state index in [-0.39, 0.29) is 0 Å². The molecule has 0 aromatic carbocycles. The van der Waals surface area contributed by atoms with E-state index in [1.54, 1.807) is 15.2 Å². The van der Waals surface area contributed by atoms with Gasteiger partial charge in [0.25, 0.3) is 10.2 Å². The molecule has 0 atom stereocenters. The van der Waals surface area contributed by atoms with Crippen molar-refractivity contribution in [2.75, 3.05) is 26.7 Å². The van der Waals surface area contributed by atoms with E-state index in [1.807, 2.05) is 21.0 Å². The average Bonchev–Trinajstić information content (AvgIpc) is 2.78. The largest absolute Gasteiger partial charge is 0.319 e. The third kappa shape index (κ3) is 4.03. The lowest BCUT2D eigenvalue weighted by molar-refractivity contribution is 0.268. The zero-order valence-electron chi connectivity index (χ0n) is 13.0. The summed E-state index contributed by atoms with van der Waals surface area (Å²) >= 11 is 0. The summed E-state index contributed by atoms with van der Waals surface area (Å²) in [5.41, 5.74) is 1.89. The van der Waals surface area contributed by atoms with E-state index in [2.05, 4.69) is 15.1 Å². The molecule has 2 N–H and O–H groups in total. The Labute approximate surface area is 126 Å². The summed E-state index contributed by atoms with van der Waals surface area (Å²) in [5, 5.41) is 7.27. The van der Waals surface area contributed by atoms with Gasteiger partial charge < -0.3 is 5.32 Å². The standard InChI is InChI=1S/C13H25N5O2S/c1-11-13(9-15-17(11)3)10-16-21(19,20)18-6-4-12(5-7-18)8-14-2/h9,12,14,16H,4-8,10H2,1-3H3. The molecule has 21 heavy (non-hydrogen) atoms. The molecule has 1 saturated heterocycles. The molecule has 1 aromatic heterocycles. The van der Waals surface area contributed by atoms with Crippen molar-refractivity contribution in [3.63, 3.8) is 0 Å². The van der Waals surface area contributed by atoms with E-state index in [0.29, 0.717) is 25.6 Å². The highest BCUT2D eigenvalue weighted by molar-refractivity contribution is 7.87. The maximum atomic E-state index is 12.3. The fourth-order valence-electron chi connectivity index (χ4n) is 2.62. The van der Waals surface area contributed by atoms with Gasteiger partial charge in [0.2, 0.25) is 0 Å². The number of hydrogen-bond donors (Lipinski definition) is 2. The number of hydrogen-bond acceptors (Lipinski definition) is 4. The highest BCUT2D eigenvalue weighted by Gasteiger charge is 2.27. The highest BCUT2D eigenvalue weighted by Crippen LogP contribution is 2.18. The van der Waals surface area contributed by atoms with Gasteiger partial charge in [-0.3, -0.25) is 4.68 Å². The molecule has 0 aliphatic carbocycles. The first kappa shape index (κ1) is 16.4. The van der Waals surface area contributed by atoms with Crippen molar-refractivity contribution < 1.29 is 8.42 Å². The van der Waals surface area contributed by atoms with Gasteiger partial charge in [0, 0.05) is 37.9 Å². The van der Waals surface area contributed by atoms with Crippen LogP contribution in [-0.4, -0.2) is 49.2 Å². The normalized spacial score (nSPS) is 18.2. The predicted molar refractivity (Wildman–Crippen MR) is 81.9 cm³/mol. The van der Waals surface area contributed by atoms with Crippen molar-refractivity contribution >= 4 is 10.2 Å². The second-order valence-electron chi connectivity index (χ2n) is 5.61. The average molecular weight is 315 g/mol. The molecule has 1 aliphatic rings. The maximum absolute atomic E-state index is 12.3. The van der Waals surface area contributed by atoms with Gasteiger partial charge in [-0.2, -0.15) is 22.5 Å². The predicted octanol–water partition coefficient (Wildman–Crippen LogP) is -0.00568.